The van der Waals surface area contributed by atoms with Gasteiger partial charge in [-0.3, -0.25) is 0 Å². The number of carbonyl (C=O) groups is 1. The van der Waals surface area contributed by atoms with Crippen molar-refractivity contribution >= 4 is 14.2 Å². The summed E-state index contributed by atoms with van der Waals surface area (Å²) < 4.78 is 17.3. The van der Waals surface area contributed by atoms with E-state index in [4.69, 9.17) is 14.2 Å². The average molecular weight is 372 g/mol. The van der Waals surface area contributed by atoms with Crippen LogP contribution >= 0.6 is 0 Å². The fourth-order valence-electron chi connectivity index (χ4n) is 2.70. The smallest absolute Gasteiger partial charge is 0.410 e. The van der Waals surface area contributed by atoms with Gasteiger partial charge in [-0.05, 0) is 46.1 Å². The fraction of sp³-hybridized carbons (Fsp3) is 0.842. The number of nitrogens with zero attached hydrogens (tertiary/aromatic N) is 1. The van der Waals surface area contributed by atoms with E-state index in [1.54, 1.807) is 4.90 Å². The molecule has 1 saturated heterocycles. The minimum Gasteiger partial charge on any atom is -0.444 e. The van der Waals surface area contributed by atoms with Gasteiger partial charge >= 0.3 is 6.09 Å². The van der Waals surface area contributed by atoms with Gasteiger partial charge in [0.25, 0.3) is 0 Å². The molecule has 0 atom stereocenters. The van der Waals surface area contributed by atoms with Crippen LogP contribution in [0.1, 0.15) is 40.0 Å². The van der Waals surface area contributed by atoms with Crippen molar-refractivity contribution in [2.45, 2.75) is 76.9 Å². The molecule has 1 rings (SSSR count). The lowest BCUT2D eigenvalue weighted by molar-refractivity contribution is -0.157. The van der Waals surface area contributed by atoms with E-state index in [0.717, 1.165) is 31.9 Å². The molecule has 1 aliphatic heterocycles. The monoisotopic (exact) mass is 371 g/mol. The predicted molar refractivity (Wildman–Crippen MR) is 105 cm³/mol. The summed E-state index contributed by atoms with van der Waals surface area (Å²) >= 11 is 0. The summed E-state index contributed by atoms with van der Waals surface area (Å²) in [4.78, 5) is 14.0. The Balaban J connectivity index is 2.45. The highest BCUT2D eigenvalue weighted by Gasteiger charge is 2.37. The van der Waals surface area contributed by atoms with Gasteiger partial charge < -0.3 is 19.1 Å². The molecule has 0 saturated carbocycles. The highest BCUT2D eigenvalue weighted by molar-refractivity contribution is 6.76. The van der Waals surface area contributed by atoms with E-state index in [-0.39, 0.29) is 11.7 Å². The van der Waals surface area contributed by atoms with Crippen LogP contribution in [-0.4, -0.2) is 56.8 Å². The zero-order valence-corrected chi connectivity index (χ0v) is 18.0. The molecule has 0 spiro atoms. The molecule has 0 aromatic heterocycles. The zero-order valence-electron chi connectivity index (χ0n) is 17.0. The lowest BCUT2D eigenvalue weighted by Crippen LogP contribution is -2.49. The molecule has 0 bridgehead atoms. The molecule has 6 heteroatoms. The molecular weight excluding hydrogens is 334 g/mol. The van der Waals surface area contributed by atoms with Crippen LogP contribution in [0.15, 0.2) is 12.7 Å². The summed E-state index contributed by atoms with van der Waals surface area (Å²) in [5, 5.41) is 0. The topological polar surface area (TPSA) is 48.0 Å². The van der Waals surface area contributed by atoms with Crippen LogP contribution in [0.3, 0.4) is 0 Å². The van der Waals surface area contributed by atoms with Crippen molar-refractivity contribution in [2.75, 3.05) is 26.5 Å². The molecule has 25 heavy (non-hydrogen) atoms. The van der Waals surface area contributed by atoms with E-state index in [1.165, 1.54) is 0 Å². The molecule has 1 amide bonds. The Bertz CT molecular complexity index is 432. The van der Waals surface area contributed by atoms with Crippen LogP contribution in [0.2, 0.25) is 25.7 Å². The number of amides is 1. The Hall–Kier alpha value is -0.853. The van der Waals surface area contributed by atoms with E-state index in [1.807, 2.05) is 26.8 Å². The highest BCUT2D eigenvalue weighted by Crippen LogP contribution is 2.31. The normalized spacial score (nSPS) is 18.1. The van der Waals surface area contributed by atoms with E-state index < -0.39 is 13.7 Å². The molecule has 1 heterocycles. The molecule has 0 unspecified atom stereocenters. The Morgan fingerprint density at radius 1 is 1.24 bits per heavy atom. The van der Waals surface area contributed by atoms with Gasteiger partial charge in [0.2, 0.25) is 0 Å². The molecule has 5 nitrogen and oxygen atoms in total. The Labute approximate surface area is 154 Å². The Kier molecular flexibility index (Phi) is 8.16. The first kappa shape index (κ1) is 22.2. The highest BCUT2D eigenvalue weighted by atomic mass is 28.3. The van der Waals surface area contributed by atoms with Crippen LogP contribution < -0.4 is 0 Å². The third-order valence-electron chi connectivity index (χ3n) is 4.29. The summed E-state index contributed by atoms with van der Waals surface area (Å²) in [6.45, 7) is 18.9. The Morgan fingerprint density at radius 2 is 1.84 bits per heavy atom. The summed E-state index contributed by atoms with van der Waals surface area (Å²) in [5.41, 5.74) is -0.743. The van der Waals surface area contributed by atoms with E-state index in [9.17, 15) is 4.79 Å². The maximum absolute atomic E-state index is 12.2. The molecular formula is C19H37NO4Si. The quantitative estimate of drug-likeness (QED) is 0.269. The standard InChI is InChI=1S/C19H37NO4Si/c1-8-9-19(23-16-22-14-15-25(5,6)7)10-12-20(13-11-19)17(21)24-18(2,3)4/h8H,1,9-16H2,2-7H3. The fourth-order valence-corrected chi connectivity index (χ4v) is 3.45. The Morgan fingerprint density at radius 3 is 2.32 bits per heavy atom. The minimum absolute atomic E-state index is 0.244. The van der Waals surface area contributed by atoms with Gasteiger partial charge in [0.1, 0.15) is 12.4 Å². The lowest BCUT2D eigenvalue weighted by Gasteiger charge is -2.41. The minimum atomic E-state index is -1.08. The maximum atomic E-state index is 12.2. The van der Waals surface area contributed by atoms with E-state index in [0.29, 0.717) is 19.9 Å². The van der Waals surface area contributed by atoms with Crippen molar-refractivity contribution < 1.29 is 19.0 Å². The van der Waals surface area contributed by atoms with Crippen LogP contribution in [0.4, 0.5) is 4.79 Å². The van der Waals surface area contributed by atoms with Crippen LogP contribution in [0.5, 0.6) is 0 Å². The number of ether oxygens (including phenoxy) is 3. The van der Waals surface area contributed by atoms with Crippen LogP contribution in [0, 0.1) is 0 Å². The second kappa shape index (κ2) is 9.19. The van der Waals surface area contributed by atoms with Gasteiger partial charge in [0.15, 0.2) is 0 Å². The number of hydrogen-bond donors (Lipinski definition) is 0. The van der Waals surface area contributed by atoms with Gasteiger partial charge in [-0.25, -0.2) is 4.79 Å². The van der Waals surface area contributed by atoms with E-state index in [2.05, 4.69) is 26.2 Å². The summed E-state index contributed by atoms with van der Waals surface area (Å²) in [6, 6.07) is 1.14. The number of hydrogen-bond acceptors (Lipinski definition) is 4. The van der Waals surface area contributed by atoms with Gasteiger partial charge in [-0.15, -0.1) is 6.58 Å². The van der Waals surface area contributed by atoms with Crippen LogP contribution in [0.25, 0.3) is 0 Å². The molecule has 0 aromatic rings. The van der Waals surface area contributed by atoms with Crippen molar-refractivity contribution in [1.82, 2.24) is 4.90 Å². The lowest BCUT2D eigenvalue weighted by atomic mass is 9.88. The van der Waals surface area contributed by atoms with Crippen LogP contribution in [-0.2, 0) is 14.2 Å². The maximum Gasteiger partial charge on any atom is 0.410 e. The largest absolute Gasteiger partial charge is 0.444 e. The molecule has 0 N–H and O–H groups in total. The van der Waals surface area contributed by atoms with Crippen molar-refractivity contribution in [3.8, 4) is 0 Å². The molecule has 146 valence electrons. The van der Waals surface area contributed by atoms with Gasteiger partial charge in [0, 0.05) is 27.8 Å². The molecule has 0 aliphatic carbocycles. The van der Waals surface area contributed by atoms with Gasteiger partial charge in [-0.2, -0.15) is 0 Å². The van der Waals surface area contributed by atoms with E-state index >= 15 is 0 Å². The SMILES string of the molecule is C=CCC1(OCOCC[Si](C)(C)C)CCN(C(=O)OC(C)(C)C)CC1. The molecule has 0 aromatic carbocycles. The third kappa shape index (κ3) is 8.88. The number of likely N-dealkylation sites (tertiary alicyclic amines) is 1. The molecule has 1 fully saturated rings. The van der Waals surface area contributed by atoms with Crippen molar-refractivity contribution in [1.29, 1.82) is 0 Å². The third-order valence-corrected chi connectivity index (χ3v) is 5.99. The number of piperidine rings is 1. The van der Waals surface area contributed by atoms with Crippen molar-refractivity contribution in [2.24, 2.45) is 0 Å². The summed E-state index contributed by atoms with van der Waals surface area (Å²) in [5.74, 6) is 0. The van der Waals surface area contributed by atoms with Gasteiger partial charge in [0.05, 0.1) is 5.60 Å². The van der Waals surface area contributed by atoms with Crippen molar-refractivity contribution in [3.05, 3.63) is 12.7 Å². The second-order valence-electron chi connectivity index (χ2n) is 9.12. The predicted octanol–water partition coefficient (Wildman–Crippen LogP) is 4.66. The first-order valence-corrected chi connectivity index (χ1v) is 13.0. The first-order chi connectivity index (χ1) is 11.5. The summed E-state index contributed by atoms with van der Waals surface area (Å²) in [6.07, 6.45) is 3.97. The summed E-state index contributed by atoms with van der Waals surface area (Å²) in [7, 11) is -1.08. The van der Waals surface area contributed by atoms with Gasteiger partial charge in [-0.1, -0.05) is 25.7 Å². The van der Waals surface area contributed by atoms with Crippen molar-refractivity contribution in [3.63, 3.8) is 0 Å². The zero-order chi connectivity index (χ0) is 19.1. The number of rotatable bonds is 8. The molecule has 0 radical (unpaired) electrons. The molecule has 1 aliphatic rings. The average Bonchev–Trinajstić information content (AvgIpc) is 2.45. The second-order valence-corrected chi connectivity index (χ2v) is 14.7. The first-order valence-electron chi connectivity index (χ1n) is 9.27. The number of carbonyl (C=O) groups excluding carboxylic acids is 1.